The second-order valence-corrected chi connectivity index (χ2v) is 7.41. The molecule has 1 unspecified atom stereocenters. The summed E-state index contributed by atoms with van der Waals surface area (Å²) in [7, 11) is 0. The number of ether oxygens (including phenoxy) is 1. The number of amides is 2. The van der Waals surface area contributed by atoms with Gasteiger partial charge in [0, 0.05) is 13.1 Å². The third kappa shape index (κ3) is 4.41. The predicted octanol–water partition coefficient (Wildman–Crippen LogP) is 3.07. The molecule has 0 bridgehead atoms. The molecule has 1 aliphatic rings. The van der Waals surface area contributed by atoms with Crippen molar-refractivity contribution in [1.82, 2.24) is 14.7 Å². The van der Waals surface area contributed by atoms with Crippen LogP contribution in [0.4, 0.5) is 10.5 Å². The monoisotopic (exact) mass is 356 g/mol. The van der Waals surface area contributed by atoms with E-state index in [2.05, 4.69) is 10.4 Å². The summed E-state index contributed by atoms with van der Waals surface area (Å²) in [6.07, 6.45) is 3.64. The molecule has 138 valence electrons. The van der Waals surface area contributed by atoms with Crippen molar-refractivity contribution < 1.29 is 14.3 Å². The Bertz CT molecular complexity index is 780. The van der Waals surface area contributed by atoms with Crippen molar-refractivity contribution in [2.75, 3.05) is 18.4 Å². The van der Waals surface area contributed by atoms with E-state index in [1.54, 1.807) is 22.0 Å². The highest BCUT2D eigenvalue weighted by molar-refractivity contribution is 5.93. The van der Waals surface area contributed by atoms with Crippen LogP contribution in [0.5, 0.6) is 0 Å². The number of nitrogens with zero attached hydrogens (tertiary/aromatic N) is 3. The summed E-state index contributed by atoms with van der Waals surface area (Å²) in [4.78, 5) is 26.2. The minimum absolute atomic E-state index is 0.108. The van der Waals surface area contributed by atoms with E-state index in [0.29, 0.717) is 25.2 Å². The molecule has 0 aliphatic carbocycles. The van der Waals surface area contributed by atoms with Crippen LogP contribution >= 0.6 is 0 Å². The van der Waals surface area contributed by atoms with Crippen molar-refractivity contribution in [3.05, 3.63) is 42.7 Å². The van der Waals surface area contributed by atoms with E-state index in [0.717, 1.165) is 5.69 Å². The van der Waals surface area contributed by atoms with Gasteiger partial charge in [-0.25, -0.2) is 9.48 Å². The van der Waals surface area contributed by atoms with Crippen molar-refractivity contribution in [2.45, 2.75) is 32.8 Å². The molecule has 26 heavy (non-hydrogen) atoms. The highest BCUT2D eigenvalue weighted by Crippen LogP contribution is 2.21. The number of likely N-dealkylation sites (tertiary alicyclic amines) is 1. The Morgan fingerprint density at radius 2 is 1.96 bits per heavy atom. The van der Waals surface area contributed by atoms with Gasteiger partial charge in [-0.2, -0.15) is 5.10 Å². The number of para-hydroxylation sites is 1. The molecule has 0 saturated carbocycles. The molecule has 2 amide bonds. The summed E-state index contributed by atoms with van der Waals surface area (Å²) in [5.41, 5.74) is 1.02. The summed E-state index contributed by atoms with van der Waals surface area (Å²) in [6, 6.07) is 9.67. The summed E-state index contributed by atoms with van der Waals surface area (Å²) >= 11 is 0. The SMILES string of the molecule is CC(C)(C)OC(=O)N1CCC(C(=O)Nc2cnn(-c3ccccc3)c2)C1. The van der Waals surface area contributed by atoms with Crippen LogP contribution in [0.15, 0.2) is 42.7 Å². The molecule has 1 fully saturated rings. The average molecular weight is 356 g/mol. The minimum atomic E-state index is -0.538. The molecule has 7 heteroatoms. The van der Waals surface area contributed by atoms with Gasteiger partial charge < -0.3 is 15.0 Å². The Kier molecular flexibility index (Phi) is 4.97. The highest BCUT2D eigenvalue weighted by atomic mass is 16.6. The van der Waals surface area contributed by atoms with Gasteiger partial charge in [-0.15, -0.1) is 0 Å². The van der Waals surface area contributed by atoms with Crippen molar-refractivity contribution in [1.29, 1.82) is 0 Å². The number of rotatable bonds is 3. The quantitative estimate of drug-likeness (QED) is 0.917. The molecule has 1 aromatic carbocycles. The first-order valence-corrected chi connectivity index (χ1v) is 8.71. The third-order valence-electron chi connectivity index (χ3n) is 4.08. The van der Waals surface area contributed by atoms with E-state index >= 15 is 0 Å². The Labute approximate surface area is 152 Å². The van der Waals surface area contributed by atoms with Crippen LogP contribution in [0.2, 0.25) is 0 Å². The van der Waals surface area contributed by atoms with E-state index in [9.17, 15) is 9.59 Å². The highest BCUT2D eigenvalue weighted by Gasteiger charge is 2.33. The fourth-order valence-corrected chi connectivity index (χ4v) is 2.82. The van der Waals surface area contributed by atoms with E-state index in [1.807, 2.05) is 51.1 Å². The molecule has 1 aromatic heterocycles. The zero-order valence-electron chi connectivity index (χ0n) is 15.3. The smallest absolute Gasteiger partial charge is 0.410 e. The second kappa shape index (κ2) is 7.19. The van der Waals surface area contributed by atoms with Crippen molar-refractivity contribution >= 4 is 17.7 Å². The van der Waals surface area contributed by atoms with Crippen LogP contribution < -0.4 is 5.32 Å². The molecule has 0 radical (unpaired) electrons. The number of carbonyl (C=O) groups excluding carboxylic acids is 2. The Morgan fingerprint density at radius 1 is 1.23 bits per heavy atom. The average Bonchev–Trinajstić information content (AvgIpc) is 3.23. The number of aromatic nitrogens is 2. The molecule has 1 saturated heterocycles. The molecule has 3 rings (SSSR count). The lowest BCUT2D eigenvalue weighted by molar-refractivity contribution is -0.119. The molecule has 1 atom stereocenters. The summed E-state index contributed by atoms with van der Waals surface area (Å²) in [5.74, 6) is -0.355. The summed E-state index contributed by atoms with van der Waals surface area (Å²) < 4.78 is 7.07. The Hall–Kier alpha value is -2.83. The molecule has 1 aliphatic heterocycles. The standard InChI is InChI=1S/C19H24N4O3/c1-19(2,3)26-18(25)22-10-9-14(12-22)17(24)21-15-11-20-23(13-15)16-7-5-4-6-8-16/h4-8,11,13-14H,9-10,12H2,1-3H3,(H,21,24). The number of benzene rings is 1. The molecule has 1 N–H and O–H groups in total. The maximum absolute atomic E-state index is 12.5. The van der Waals surface area contributed by atoms with Gasteiger partial charge in [-0.1, -0.05) is 18.2 Å². The molecular weight excluding hydrogens is 332 g/mol. The van der Waals surface area contributed by atoms with Gasteiger partial charge in [-0.3, -0.25) is 4.79 Å². The third-order valence-corrected chi connectivity index (χ3v) is 4.08. The largest absolute Gasteiger partial charge is 0.444 e. The van der Waals surface area contributed by atoms with Crippen LogP contribution in [-0.4, -0.2) is 45.4 Å². The number of hydrogen-bond donors (Lipinski definition) is 1. The van der Waals surface area contributed by atoms with Gasteiger partial charge in [0.05, 0.1) is 29.7 Å². The fraction of sp³-hybridized carbons (Fsp3) is 0.421. The zero-order chi connectivity index (χ0) is 18.7. The summed E-state index contributed by atoms with van der Waals surface area (Å²) in [6.45, 7) is 6.38. The lowest BCUT2D eigenvalue weighted by atomic mass is 10.1. The van der Waals surface area contributed by atoms with E-state index in [4.69, 9.17) is 4.74 Å². The molecule has 2 aromatic rings. The molecule has 7 nitrogen and oxygen atoms in total. The van der Waals surface area contributed by atoms with E-state index < -0.39 is 5.60 Å². The topological polar surface area (TPSA) is 76.5 Å². The summed E-state index contributed by atoms with van der Waals surface area (Å²) in [5, 5.41) is 7.15. The Morgan fingerprint density at radius 3 is 2.65 bits per heavy atom. The lowest BCUT2D eigenvalue weighted by Crippen LogP contribution is -2.36. The Balaban J connectivity index is 1.56. The van der Waals surface area contributed by atoms with Crippen LogP contribution in [0, 0.1) is 5.92 Å². The van der Waals surface area contributed by atoms with E-state index in [1.165, 1.54) is 0 Å². The zero-order valence-corrected chi connectivity index (χ0v) is 15.3. The van der Waals surface area contributed by atoms with Gasteiger partial charge in [-0.05, 0) is 39.3 Å². The first-order chi connectivity index (χ1) is 12.3. The maximum atomic E-state index is 12.5. The van der Waals surface area contributed by atoms with Gasteiger partial charge >= 0.3 is 6.09 Å². The number of carbonyl (C=O) groups is 2. The van der Waals surface area contributed by atoms with Crippen molar-refractivity contribution in [3.63, 3.8) is 0 Å². The second-order valence-electron chi connectivity index (χ2n) is 7.41. The van der Waals surface area contributed by atoms with Crippen LogP contribution in [-0.2, 0) is 9.53 Å². The van der Waals surface area contributed by atoms with Gasteiger partial charge in [0.1, 0.15) is 5.60 Å². The molecular formula is C19H24N4O3. The van der Waals surface area contributed by atoms with E-state index in [-0.39, 0.29) is 17.9 Å². The molecule has 2 heterocycles. The number of nitrogens with one attached hydrogen (secondary N) is 1. The fourth-order valence-electron chi connectivity index (χ4n) is 2.82. The first kappa shape index (κ1) is 18.0. The minimum Gasteiger partial charge on any atom is -0.444 e. The normalized spacial score (nSPS) is 17.2. The van der Waals surface area contributed by atoms with Crippen LogP contribution in [0.3, 0.4) is 0 Å². The number of anilines is 1. The predicted molar refractivity (Wildman–Crippen MR) is 98.1 cm³/mol. The lowest BCUT2D eigenvalue weighted by Gasteiger charge is -2.24. The van der Waals surface area contributed by atoms with Gasteiger partial charge in [0.2, 0.25) is 5.91 Å². The first-order valence-electron chi connectivity index (χ1n) is 8.71. The van der Waals surface area contributed by atoms with Crippen LogP contribution in [0.25, 0.3) is 5.69 Å². The van der Waals surface area contributed by atoms with Crippen molar-refractivity contribution in [2.24, 2.45) is 5.92 Å². The van der Waals surface area contributed by atoms with Crippen molar-refractivity contribution in [3.8, 4) is 5.69 Å². The van der Waals surface area contributed by atoms with Crippen LogP contribution in [0.1, 0.15) is 27.2 Å². The van der Waals surface area contributed by atoms with Gasteiger partial charge in [0.15, 0.2) is 0 Å². The molecule has 0 spiro atoms. The maximum Gasteiger partial charge on any atom is 0.410 e. The number of hydrogen-bond acceptors (Lipinski definition) is 4. The van der Waals surface area contributed by atoms with Gasteiger partial charge in [0.25, 0.3) is 0 Å².